The predicted molar refractivity (Wildman–Crippen MR) is 88.3 cm³/mol. The average Bonchev–Trinajstić information content (AvgIpc) is 3.01. The molecule has 0 atom stereocenters. The molecule has 6 heteroatoms. The molecule has 2 heterocycles. The van der Waals surface area contributed by atoms with Crippen LogP contribution in [0.25, 0.3) is 0 Å². The van der Waals surface area contributed by atoms with Gasteiger partial charge in [-0.3, -0.25) is 4.90 Å². The summed E-state index contributed by atoms with van der Waals surface area (Å²) in [5.74, 6) is 1.36. The molecule has 1 saturated heterocycles. The molecule has 0 radical (unpaired) electrons. The summed E-state index contributed by atoms with van der Waals surface area (Å²) in [5.41, 5.74) is 1.13. The van der Waals surface area contributed by atoms with Gasteiger partial charge >= 0.3 is 5.97 Å². The minimum absolute atomic E-state index is 0.195. The number of hydrogen-bond donors (Lipinski definition) is 0. The fraction of sp³-hybridized carbons (Fsp3) is 0.353. The Balaban J connectivity index is 1.47. The predicted octanol–water partition coefficient (Wildman–Crippen LogP) is 2.81. The second-order valence-electron chi connectivity index (χ2n) is 5.42. The Hall–Kier alpha value is -2.05. The monoisotopic (exact) mass is 333 g/mol. The van der Waals surface area contributed by atoms with Gasteiger partial charge in [-0.15, -0.1) is 11.3 Å². The van der Waals surface area contributed by atoms with E-state index in [1.165, 1.54) is 18.4 Å². The van der Waals surface area contributed by atoms with Crippen molar-refractivity contribution < 1.29 is 19.0 Å². The molecule has 1 fully saturated rings. The highest BCUT2D eigenvalue weighted by Crippen LogP contribution is 2.24. The van der Waals surface area contributed by atoms with Crippen LogP contribution in [0.1, 0.15) is 15.2 Å². The molecule has 5 nitrogen and oxygen atoms in total. The van der Waals surface area contributed by atoms with E-state index < -0.39 is 0 Å². The normalized spacial score (nSPS) is 15.0. The van der Waals surface area contributed by atoms with Crippen LogP contribution in [-0.4, -0.2) is 44.3 Å². The first-order valence-corrected chi connectivity index (χ1v) is 8.24. The standard InChI is InChI=1S/C17H19NO4S/c1-20-13-4-3-5-14(7-13)22-15-9-18(10-15)8-12-6-16(23-11-12)17(19)21-2/h3-7,11,15H,8-10H2,1-2H3. The number of hydrogen-bond acceptors (Lipinski definition) is 6. The maximum atomic E-state index is 11.4. The molecule has 23 heavy (non-hydrogen) atoms. The molecule has 1 aliphatic rings. The third kappa shape index (κ3) is 3.83. The molecule has 0 amide bonds. The minimum atomic E-state index is -0.274. The second-order valence-corrected chi connectivity index (χ2v) is 6.33. The van der Waals surface area contributed by atoms with Crippen molar-refractivity contribution >= 4 is 17.3 Å². The van der Waals surface area contributed by atoms with Gasteiger partial charge in [0.05, 0.1) is 14.2 Å². The SMILES string of the molecule is COC(=O)c1cc(CN2CC(Oc3cccc(OC)c3)C2)cs1. The molecule has 0 unspecified atom stereocenters. The molecule has 2 aromatic rings. The van der Waals surface area contributed by atoms with Gasteiger partial charge in [0.25, 0.3) is 0 Å². The summed E-state index contributed by atoms with van der Waals surface area (Å²) < 4.78 is 15.8. The van der Waals surface area contributed by atoms with E-state index in [0.29, 0.717) is 4.88 Å². The van der Waals surface area contributed by atoms with E-state index in [1.54, 1.807) is 7.11 Å². The Kier molecular flexibility index (Phi) is 4.83. The molecular weight excluding hydrogens is 314 g/mol. The zero-order valence-electron chi connectivity index (χ0n) is 13.2. The van der Waals surface area contributed by atoms with E-state index in [9.17, 15) is 4.79 Å². The summed E-state index contributed by atoms with van der Waals surface area (Å²) in [6, 6.07) is 9.54. The highest BCUT2D eigenvalue weighted by molar-refractivity contribution is 7.12. The Morgan fingerprint density at radius 3 is 2.78 bits per heavy atom. The molecule has 0 saturated carbocycles. The van der Waals surface area contributed by atoms with E-state index >= 15 is 0 Å². The number of methoxy groups -OCH3 is 2. The lowest BCUT2D eigenvalue weighted by atomic mass is 10.1. The number of esters is 1. The fourth-order valence-electron chi connectivity index (χ4n) is 2.52. The van der Waals surface area contributed by atoms with Crippen LogP contribution in [0, 0.1) is 0 Å². The number of thiophene rings is 1. The molecule has 0 aliphatic carbocycles. The lowest BCUT2D eigenvalue weighted by Gasteiger charge is -2.38. The van der Waals surface area contributed by atoms with Crippen LogP contribution in [0.3, 0.4) is 0 Å². The Morgan fingerprint density at radius 2 is 2.04 bits per heavy atom. The third-order valence-corrected chi connectivity index (χ3v) is 4.67. The van der Waals surface area contributed by atoms with Gasteiger partial charge < -0.3 is 14.2 Å². The molecule has 122 valence electrons. The van der Waals surface area contributed by atoms with Crippen LogP contribution >= 0.6 is 11.3 Å². The maximum Gasteiger partial charge on any atom is 0.348 e. The Bertz CT molecular complexity index is 679. The molecule has 0 spiro atoms. The van der Waals surface area contributed by atoms with E-state index in [1.807, 2.05) is 35.7 Å². The van der Waals surface area contributed by atoms with Crippen molar-refractivity contribution in [1.29, 1.82) is 0 Å². The van der Waals surface area contributed by atoms with Gasteiger partial charge in [0.1, 0.15) is 22.5 Å². The van der Waals surface area contributed by atoms with Crippen molar-refractivity contribution in [3.05, 3.63) is 46.2 Å². The minimum Gasteiger partial charge on any atom is -0.497 e. The first kappa shape index (κ1) is 15.8. The molecular formula is C17H19NO4S. The number of ether oxygens (including phenoxy) is 3. The lowest BCUT2D eigenvalue weighted by molar-refractivity contribution is 0.0145. The van der Waals surface area contributed by atoms with Gasteiger partial charge in [0, 0.05) is 25.7 Å². The van der Waals surface area contributed by atoms with Crippen LogP contribution in [0.5, 0.6) is 11.5 Å². The molecule has 1 aromatic heterocycles. The van der Waals surface area contributed by atoms with Gasteiger partial charge in [0.2, 0.25) is 0 Å². The zero-order valence-corrected chi connectivity index (χ0v) is 14.0. The van der Waals surface area contributed by atoms with Crippen LogP contribution in [0.15, 0.2) is 35.7 Å². The maximum absolute atomic E-state index is 11.4. The summed E-state index contributed by atoms with van der Waals surface area (Å²) in [6.07, 6.45) is 0.195. The summed E-state index contributed by atoms with van der Waals surface area (Å²) >= 11 is 1.42. The Labute approximate surface area is 139 Å². The summed E-state index contributed by atoms with van der Waals surface area (Å²) in [4.78, 5) is 14.4. The first-order chi connectivity index (χ1) is 11.2. The molecule has 0 bridgehead atoms. The van der Waals surface area contributed by atoms with Crippen LogP contribution in [0.4, 0.5) is 0 Å². The topological polar surface area (TPSA) is 48.0 Å². The number of carbonyl (C=O) groups excluding carboxylic acids is 1. The van der Waals surface area contributed by atoms with Crippen molar-refractivity contribution in [3.63, 3.8) is 0 Å². The van der Waals surface area contributed by atoms with Crippen LogP contribution in [0.2, 0.25) is 0 Å². The van der Waals surface area contributed by atoms with Crippen LogP contribution in [-0.2, 0) is 11.3 Å². The first-order valence-electron chi connectivity index (χ1n) is 7.36. The fourth-order valence-corrected chi connectivity index (χ4v) is 3.34. The number of benzene rings is 1. The molecule has 1 aliphatic heterocycles. The second kappa shape index (κ2) is 7.02. The van der Waals surface area contributed by atoms with Crippen molar-refractivity contribution in [1.82, 2.24) is 4.90 Å². The molecule has 1 aromatic carbocycles. The van der Waals surface area contributed by atoms with E-state index in [2.05, 4.69) is 4.90 Å². The van der Waals surface area contributed by atoms with Crippen molar-refractivity contribution in [2.75, 3.05) is 27.3 Å². The quantitative estimate of drug-likeness (QED) is 0.761. The summed E-state index contributed by atoms with van der Waals surface area (Å²) in [7, 11) is 3.05. The van der Waals surface area contributed by atoms with Crippen LogP contribution < -0.4 is 9.47 Å². The summed E-state index contributed by atoms with van der Waals surface area (Å²) in [5, 5.41) is 2.00. The summed E-state index contributed by atoms with van der Waals surface area (Å²) in [6.45, 7) is 2.58. The van der Waals surface area contributed by atoms with Gasteiger partial charge in [-0.2, -0.15) is 0 Å². The van der Waals surface area contributed by atoms with E-state index in [-0.39, 0.29) is 12.1 Å². The highest BCUT2D eigenvalue weighted by atomic mass is 32.1. The van der Waals surface area contributed by atoms with Gasteiger partial charge in [-0.1, -0.05) is 6.07 Å². The zero-order chi connectivity index (χ0) is 16.2. The van der Waals surface area contributed by atoms with E-state index in [4.69, 9.17) is 14.2 Å². The van der Waals surface area contributed by atoms with Gasteiger partial charge in [0.15, 0.2) is 0 Å². The number of nitrogens with zero attached hydrogens (tertiary/aromatic N) is 1. The number of carbonyl (C=O) groups is 1. The van der Waals surface area contributed by atoms with Crippen molar-refractivity contribution in [3.8, 4) is 11.5 Å². The lowest BCUT2D eigenvalue weighted by Crippen LogP contribution is -2.52. The van der Waals surface area contributed by atoms with Gasteiger partial charge in [-0.05, 0) is 29.1 Å². The van der Waals surface area contributed by atoms with Crippen molar-refractivity contribution in [2.45, 2.75) is 12.6 Å². The number of rotatable bonds is 6. The molecule has 3 rings (SSSR count). The third-order valence-electron chi connectivity index (χ3n) is 3.71. The van der Waals surface area contributed by atoms with Crippen molar-refractivity contribution in [2.24, 2.45) is 0 Å². The average molecular weight is 333 g/mol. The highest BCUT2D eigenvalue weighted by Gasteiger charge is 2.28. The number of likely N-dealkylation sites (tertiary alicyclic amines) is 1. The smallest absolute Gasteiger partial charge is 0.348 e. The molecule has 0 N–H and O–H groups in total. The largest absolute Gasteiger partial charge is 0.497 e. The van der Waals surface area contributed by atoms with E-state index in [0.717, 1.165) is 36.7 Å². The van der Waals surface area contributed by atoms with Gasteiger partial charge in [-0.25, -0.2) is 4.79 Å². The Morgan fingerprint density at radius 1 is 1.26 bits per heavy atom.